The van der Waals surface area contributed by atoms with Gasteiger partial charge in [0.1, 0.15) is 0 Å². The van der Waals surface area contributed by atoms with Crippen LogP contribution >= 0.6 is 0 Å². The van der Waals surface area contributed by atoms with Crippen molar-refractivity contribution in [3.05, 3.63) is 29.8 Å². The summed E-state index contributed by atoms with van der Waals surface area (Å²) in [5, 5.41) is 0. The molecule has 0 aliphatic carbocycles. The van der Waals surface area contributed by atoms with E-state index in [-0.39, 0.29) is 11.7 Å². The van der Waals surface area contributed by atoms with Gasteiger partial charge in [-0.25, -0.2) is 0 Å². The highest BCUT2D eigenvalue weighted by molar-refractivity contribution is 5.98. The molecule has 0 spiro atoms. The number of Topliss-reactive ketones (excluding diaryl/α,β-unsaturated/α-hetero) is 1. The molecule has 0 N–H and O–H groups in total. The van der Waals surface area contributed by atoms with Crippen molar-refractivity contribution in [2.75, 3.05) is 32.2 Å². The molecule has 0 amide bonds. The first kappa shape index (κ1) is 12.1. The number of carbonyl (C=O) groups excluding carboxylic acids is 1. The number of anilines is 1. The van der Waals surface area contributed by atoms with E-state index >= 15 is 0 Å². The highest BCUT2D eigenvalue weighted by Crippen LogP contribution is 2.21. The molecule has 3 heteroatoms. The molecule has 0 saturated carbocycles. The maximum atomic E-state index is 12.3. The van der Waals surface area contributed by atoms with Crippen molar-refractivity contribution in [2.45, 2.75) is 12.8 Å². The average molecular weight is 233 g/mol. The van der Waals surface area contributed by atoms with E-state index in [2.05, 4.69) is 0 Å². The zero-order valence-corrected chi connectivity index (χ0v) is 10.5. The van der Waals surface area contributed by atoms with Crippen molar-refractivity contribution in [2.24, 2.45) is 5.92 Å². The smallest absolute Gasteiger partial charge is 0.168 e. The molecule has 1 atom stereocenters. The monoisotopic (exact) mass is 233 g/mol. The number of ketones is 1. The van der Waals surface area contributed by atoms with Gasteiger partial charge in [-0.3, -0.25) is 4.79 Å². The van der Waals surface area contributed by atoms with Gasteiger partial charge in [0.2, 0.25) is 0 Å². The second kappa shape index (κ2) is 5.32. The summed E-state index contributed by atoms with van der Waals surface area (Å²) in [5.41, 5.74) is 1.86. The van der Waals surface area contributed by atoms with Crippen molar-refractivity contribution < 1.29 is 9.53 Å². The van der Waals surface area contributed by atoms with Gasteiger partial charge in [0.05, 0.1) is 6.61 Å². The Morgan fingerprint density at radius 2 is 2.24 bits per heavy atom. The first-order valence-electron chi connectivity index (χ1n) is 6.08. The van der Waals surface area contributed by atoms with Crippen molar-refractivity contribution in [3.8, 4) is 0 Å². The Kier molecular flexibility index (Phi) is 3.79. The lowest BCUT2D eigenvalue weighted by Crippen LogP contribution is -2.25. The Hall–Kier alpha value is -1.35. The molecule has 1 aliphatic rings. The van der Waals surface area contributed by atoms with E-state index in [0.717, 1.165) is 30.7 Å². The predicted molar refractivity (Wildman–Crippen MR) is 68.6 cm³/mol. The molecule has 1 heterocycles. The van der Waals surface area contributed by atoms with Crippen molar-refractivity contribution >= 4 is 11.5 Å². The molecular weight excluding hydrogens is 214 g/mol. The van der Waals surface area contributed by atoms with Gasteiger partial charge in [0.15, 0.2) is 5.78 Å². The van der Waals surface area contributed by atoms with Gasteiger partial charge in [-0.2, -0.15) is 0 Å². The zero-order valence-electron chi connectivity index (χ0n) is 10.5. The van der Waals surface area contributed by atoms with E-state index in [9.17, 15) is 4.79 Å². The lowest BCUT2D eigenvalue weighted by Gasteiger charge is -2.21. The van der Waals surface area contributed by atoms with E-state index < -0.39 is 0 Å². The summed E-state index contributed by atoms with van der Waals surface area (Å²) in [6.45, 7) is 1.37. The van der Waals surface area contributed by atoms with Crippen LogP contribution < -0.4 is 4.90 Å². The minimum atomic E-state index is 0.0427. The standard InChI is InChI=1S/C14H19NO2/c1-15(2)13-7-3-5-11(9-13)14(16)12-6-4-8-17-10-12/h3,5,7,9,12H,4,6,8,10H2,1-2H3. The average Bonchev–Trinajstić information content (AvgIpc) is 2.39. The predicted octanol–water partition coefficient (Wildman–Crippen LogP) is 2.36. The molecule has 0 radical (unpaired) electrons. The minimum absolute atomic E-state index is 0.0427. The third-order valence-electron chi connectivity index (χ3n) is 3.18. The molecule has 0 aromatic heterocycles. The van der Waals surface area contributed by atoms with Crippen LogP contribution in [0.25, 0.3) is 0 Å². The SMILES string of the molecule is CN(C)c1cccc(C(=O)C2CCCOC2)c1. The van der Waals surface area contributed by atoms with Crippen LogP contribution in [0.1, 0.15) is 23.2 Å². The molecule has 0 bridgehead atoms. The van der Waals surface area contributed by atoms with Crippen LogP contribution in [-0.4, -0.2) is 33.1 Å². The molecule has 92 valence electrons. The molecule has 1 aromatic carbocycles. The van der Waals surface area contributed by atoms with E-state index in [1.165, 1.54) is 0 Å². The number of hydrogen-bond acceptors (Lipinski definition) is 3. The third kappa shape index (κ3) is 2.86. The summed E-state index contributed by atoms with van der Waals surface area (Å²) >= 11 is 0. The maximum absolute atomic E-state index is 12.3. The Morgan fingerprint density at radius 1 is 1.41 bits per heavy atom. The van der Waals surface area contributed by atoms with Crippen LogP contribution in [0.15, 0.2) is 24.3 Å². The maximum Gasteiger partial charge on any atom is 0.168 e. The van der Waals surface area contributed by atoms with Gasteiger partial charge < -0.3 is 9.64 Å². The van der Waals surface area contributed by atoms with Gasteiger partial charge in [-0.1, -0.05) is 12.1 Å². The normalized spacial score (nSPS) is 20.0. The molecular formula is C14H19NO2. The number of carbonyl (C=O) groups is 1. The number of benzene rings is 1. The van der Waals surface area contributed by atoms with Gasteiger partial charge in [-0.05, 0) is 25.0 Å². The molecule has 3 nitrogen and oxygen atoms in total. The largest absolute Gasteiger partial charge is 0.381 e. The molecule has 1 unspecified atom stereocenters. The number of nitrogens with zero attached hydrogens (tertiary/aromatic N) is 1. The topological polar surface area (TPSA) is 29.5 Å². The number of ether oxygens (including phenoxy) is 1. The second-order valence-corrected chi connectivity index (χ2v) is 4.72. The van der Waals surface area contributed by atoms with Crippen LogP contribution in [-0.2, 0) is 4.74 Å². The van der Waals surface area contributed by atoms with E-state index in [1.807, 2.05) is 43.3 Å². The van der Waals surface area contributed by atoms with Crippen LogP contribution in [0, 0.1) is 5.92 Å². The summed E-state index contributed by atoms with van der Waals surface area (Å²) in [6.07, 6.45) is 1.94. The highest BCUT2D eigenvalue weighted by Gasteiger charge is 2.23. The molecule has 1 saturated heterocycles. The van der Waals surface area contributed by atoms with Crippen molar-refractivity contribution in [1.82, 2.24) is 0 Å². The number of rotatable bonds is 3. The summed E-state index contributed by atoms with van der Waals surface area (Å²) in [4.78, 5) is 14.3. The van der Waals surface area contributed by atoms with Crippen LogP contribution in [0.4, 0.5) is 5.69 Å². The lowest BCUT2D eigenvalue weighted by molar-refractivity contribution is 0.0461. The first-order chi connectivity index (χ1) is 8.18. The van der Waals surface area contributed by atoms with Gasteiger partial charge >= 0.3 is 0 Å². The van der Waals surface area contributed by atoms with Crippen LogP contribution in [0.2, 0.25) is 0 Å². The fourth-order valence-electron chi connectivity index (χ4n) is 2.12. The zero-order chi connectivity index (χ0) is 12.3. The molecule has 1 aromatic rings. The summed E-state index contributed by atoms with van der Waals surface area (Å²) < 4.78 is 5.37. The van der Waals surface area contributed by atoms with Gasteiger partial charge in [-0.15, -0.1) is 0 Å². The van der Waals surface area contributed by atoms with Crippen LogP contribution in [0.5, 0.6) is 0 Å². The number of hydrogen-bond donors (Lipinski definition) is 0. The van der Waals surface area contributed by atoms with E-state index in [1.54, 1.807) is 0 Å². The van der Waals surface area contributed by atoms with Crippen LogP contribution in [0.3, 0.4) is 0 Å². The summed E-state index contributed by atoms with van der Waals surface area (Å²) in [5.74, 6) is 0.259. The Bertz CT molecular complexity index is 395. The van der Waals surface area contributed by atoms with E-state index in [4.69, 9.17) is 4.74 Å². The Balaban J connectivity index is 2.15. The fourth-order valence-corrected chi connectivity index (χ4v) is 2.12. The summed E-state index contributed by atoms with van der Waals surface area (Å²) in [6, 6.07) is 7.79. The van der Waals surface area contributed by atoms with Gasteiger partial charge in [0, 0.05) is 37.9 Å². The Labute approximate surface area is 102 Å². The molecule has 1 aliphatic heterocycles. The highest BCUT2D eigenvalue weighted by atomic mass is 16.5. The summed E-state index contributed by atoms with van der Waals surface area (Å²) in [7, 11) is 3.96. The first-order valence-corrected chi connectivity index (χ1v) is 6.08. The van der Waals surface area contributed by atoms with Gasteiger partial charge in [0.25, 0.3) is 0 Å². The second-order valence-electron chi connectivity index (χ2n) is 4.72. The fraction of sp³-hybridized carbons (Fsp3) is 0.500. The molecule has 1 fully saturated rings. The third-order valence-corrected chi connectivity index (χ3v) is 3.18. The molecule has 17 heavy (non-hydrogen) atoms. The van der Waals surface area contributed by atoms with Crippen molar-refractivity contribution in [1.29, 1.82) is 0 Å². The molecule has 2 rings (SSSR count). The van der Waals surface area contributed by atoms with Crippen molar-refractivity contribution in [3.63, 3.8) is 0 Å². The van der Waals surface area contributed by atoms with E-state index in [0.29, 0.717) is 6.61 Å². The quantitative estimate of drug-likeness (QED) is 0.751. The minimum Gasteiger partial charge on any atom is -0.381 e. The lowest BCUT2D eigenvalue weighted by atomic mass is 9.92. The Morgan fingerprint density at radius 3 is 2.88 bits per heavy atom.